The molecule has 1 aromatic carbocycles. The van der Waals surface area contributed by atoms with E-state index in [0.29, 0.717) is 11.8 Å². The zero-order valence-corrected chi connectivity index (χ0v) is 26.1. The van der Waals surface area contributed by atoms with Crippen LogP contribution in [0.25, 0.3) is 11.1 Å². The van der Waals surface area contributed by atoms with Gasteiger partial charge >= 0.3 is 0 Å². The van der Waals surface area contributed by atoms with Crippen molar-refractivity contribution < 1.29 is 18.4 Å². The normalized spacial score (nSPS) is 11.4. The summed E-state index contributed by atoms with van der Waals surface area (Å²) in [5, 5.41) is 0. The zero-order chi connectivity index (χ0) is 29.2. The molecule has 0 radical (unpaired) electrons. The van der Waals surface area contributed by atoms with Crippen LogP contribution in [0, 0.1) is 13.8 Å². The lowest BCUT2D eigenvalue weighted by Gasteiger charge is -2.20. The summed E-state index contributed by atoms with van der Waals surface area (Å²) in [5.74, 6) is 2.07. The molecule has 4 aromatic rings. The van der Waals surface area contributed by atoms with Crippen LogP contribution in [0.1, 0.15) is 87.5 Å². The number of benzene rings is 1. The van der Waals surface area contributed by atoms with Crippen LogP contribution < -0.4 is 18.4 Å². The Hall–Kier alpha value is -3.53. The number of hydrogen-bond acceptors (Lipinski definition) is 1. The predicted octanol–water partition coefficient (Wildman–Crippen LogP) is 7.42. The molecule has 0 aliphatic rings. The van der Waals surface area contributed by atoms with Gasteiger partial charge in [0.25, 0.3) is 0 Å². The topological polar surface area (TPSA) is 20.9 Å². The number of hydrogen-bond donors (Lipinski definition) is 0. The van der Waals surface area contributed by atoms with Gasteiger partial charge in [0, 0.05) is 41.8 Å². The van der Waals surface area contributed by atoms with Crippen LogP contribution in [0.3, 0.4) is 0 Å². The summed E-state index contributed by atoms with van der Waals surface area (Å²) in [4.78, 5) is 0. The molecule has 0 bridgehead atoms. The highest BCUT2D eigenvalue weighted by Gasteiger charge is 2.15. The third kappa shape index (κ3) is 8.98. The van der Waals surface area contributed by atoms with E-state index in [9.17, 15) is 0 Å². The van der Waals surface area contributed by atoms with Gasteiger partial charge in [0.2, 0.25) is 13.1 Å². The van der Waals surface area contributed by atoms with E-state index in [-0.39, 0.29) is 0 Å². The molecule has 0 fully saturated rings. The van der Waals surface area contributed by atoms with Gasteiger partial charge in [0.1, 0.15) is 12.3 Å². The molecule has 0 saturated carbocycles. The van der Waals surface area contributed by atoms with Crippen molar-refractivity contribution >= 4 is 0 Å². The van der Waals surface area contributed by atoms with Crippen LogP contribution in [0.2, 0.25) is 0 Å². The fraction of sp³-hybridized carbons (Fsp3) is 0.432. The Balaban J connectivity index is 1.18. The van der Waals surface area contributed by atoms with Crippen molar-refractivity contribution in [1.29, 1.82) is 0 Å². The van der Waals surface area contributed by atoms with E-state index in [1.54, 1.807) is 0 Å². The van der Waals surface area contributed by atoms with Crippen LogP contribution in [0.5, 0.6) is 5.75 Å². The van der Waals surface area contributed by atoms with Gasteiger partial charge in [-0.15, -0.1) is 0 Å². The molecule has 0 unspecified atom stereocenters. The summed E-state index contributed by atoms with van der Waals surface area (Å²) in [7, 11) is 0. The van der Waals surface area contributed by atoms with Gasteiger partial charge in [0.15, 0.2) is 37.2 Å². The molecular weight excluding hydrogens is 502 g/mol. The van der Waals surface area contributed by atoms with E-state index in [4.69, 9.17) is 4.74 Å². The number of pyridine rings is 3. The molecule has 4 heteroatoms. The molecule has 0 spiro atoms. The average Bonchev–Trinajstić information content (AvgIpc) is 2.95. The monoisotopic (exact) mass is 552 g/mol. The first-order valence-corrected chi connectivity index (χ1v) is 15.5. The highest BCUT2D eigenvalue weighted by atomic mass is 16.5. The largest absolute Gasteiger partial charge is 0.493 e. The van der Waals surface area contributed by atoms with E-state index in [1.807, 2.05) is 0 Å². The van der Waals surface area contributed by atoms with Crippen LogP contribution in [-0.4, -0.2) is 6.61 Å². The van der Waals surface area contributed by atoms with E-state index < -0.39 is 0 Å². The maximum atomic E-state index is 6.35. The van der Waals surface area contributed by atoms with Gasteiger partial charge in [-0.05, 0) is 73.3 Å². The molecule has 0 N–H and O–H groups in total. The van der Waals surface area contributed by atoms with Gasteiger partial charge in [-0.3, -0.25) is 0 Å². The van der Waals surface area contributed by atoms with E-state index in [0.717, 1.165) is 38.4 Å². The fourth-order valence-electron chi connectivity index (χ4n) is 5.53. The Morgan fingerprint density at radius 1 is 0.585 bits per heavy atom. The molecule has 4 rings (SSSR count). The number of aromatic nitrogens is 3. The molecule has 3 aromatic heterocycles. The molecule has 216 valence electrons. The molecule has 0 aliphatic carbocycles. The van der Waals surface area contributed by atoms with Crippen molar-refractivity contribution in [3.8, 4) is 16.9 Å². The van der Waals surface area contributed by atoms with E-state index >= 15 is 0 Å². The molecule has 0 amide bonds. The minimum atomic E-state index is 0.475. The van der Waals surface area contributed by atoms with Crippen molar-refractivity contribution in [2.45, 2.75) is 98.7 Å². The third-order valence-electron chi connectivity index (χ3n) is 7.80. The fourth-order valence-corrected chi connectivity index (χ4v) is 5.53. The van der Waals surface area contributed by atoms with Crippen molar-refractivity contribution in [2.24, 2.45) is 0 Å². The number of nitrogens with zero attached hydrogens (tertiary/aromatic N) is 3. The zero-order valence-electron chi connectivity index (χ0n) is 26.1. The first-order valence-electron chi connectivity index (χ1n) is 15.5. The standard InChI is InChI=1S/C37H50N3O/c1-29(2)35-12-11-13-36(30(3)4)37(35)41-25-10-8-7-9-18-38-19-14-33(15-20-38)34-16-21-39(22-17-34)23-24-40-27-31(5)26-32(6)28-40/h11-17,19-22,26-30H,7-10,18,23-25H2,1-6H3/q+3. The van der Waals surface area contributed by atoms with E-state index in [1.165, 1.54) is 52.6 Å². The Morgan fingerprint density at radius 2 is 1.07 bits per heavy atom. The Labute approximate surface area is 248 Å². The summed E-state index contributed by atoms with van der Waals surface area (Å²) >= 11 is 0. The minimum Gasteiger partial charge on any atom is -0.493 e. The number of ether oxygens (including phenoxy) is 1. The molecule has 0 aliphatic heterocycles. The maximum Gasteiger partial charge on any atom is 0.206 e. The average molecular weight is 553 g/mol. The van der Waals surface area contributed by atoms with Crippen molar-refractivity contribution in [3.05, 3.63) is 108 Å². The van der Waals surface area contributed by atoms with Crippen molar-refractivity contribution in [1.82, 2.24) is 0 Å². The molecular formula is C37H50N3O+3. The number of unbranched alkanes of at least 4 members (excludes halogenated alkanes) is 3. The number of aryl methyl sites for hydroxylation is 5. The predicted molar refractivity (Wildman–Crippen MR) is 167 cm³/mol. The summed E-state index contributed by atoms with van der Waals surface area (Å²) < 4.78 is 13.2. The van der Waals surface area contributed by atoms with Crippen LogP contribution in [0.4, 0.5) is 0 Å². The molecule has 3 heterocycles. The highest BCUT2D eigenvalue weighted by Crippen LogP contribution is 2.34. The quantitative estimate of drug-likeness (QED) is 0.118. The van der Waals surface area contributed by atoms with Crippen LogP contribution in [-0.2, 0) is 19.6 Å². The maximum absolute atomic E-state index is 6.35. The summed E-state index contributed by atoms with van der Waals surface area (Å²) in [6, 6.07) is 17.7. The number of rotatable bonds is 14. The second kappa shape index (κ2) is 14.9. The van der Waals surface area contributed by atoms with E-state index in [2.05, 4.69) is 141 Å². The minimum absolute atomic E-state index is 0.475. The lowest BCUT2D eigenvalue weighted by atomic mass is 9.94. The van der Waals surface area contributed by atoms with Gasteiger partial charge in [-0.2, -0.15) is 9.13 Å². The lowest BCUT2D eigenvalue weighted by Crippen LogP contribution is -2.44. The summed E-state index contributed by atoms with van der Waals surface area (Å²) in [5.41, 5.74) is 7.79. The summed E-state index contributed by atoms with van der Waals surface area (Å²) in [6.45, 7) is 17.1. The molecule has 41 heavy (non-hydrogen) atoms. The second-order valence-corrected chi connectivity index (χ2v) is 12.1. The van der Waals surface area contributed by atoms with Crippen LogP contribution >= 0.6 is 0 Å². The molecule has 0 atom stereocenters. The van der Waals surface area contributed by atoms with Crippen molar-refractivity contribution in [2.75, 3.05) is 6.61 Å². The summed E-state index contributed by atoms with van der Waals surface area (Å²) in [6.07, 6.45) is 17.9. The smallest absolute Gasteiger partial charge is 0.206 e. The third-order valence-corrected chi connectivity index (χ3v) is 7.80. The SMILES string of the molecule is Cc1cc(C)c[n+](CC[n+]2ccc(-c3cc[n+](CCCCCCOc4c(C(C)C)cccc4C(C)C)cc3)cc2)c1. The first kappa shape index (κ1) is 30.4. The van der Waals surface area contributed by atoms with Gasteiger partial charge in [-0.25, -0.2) is 4.57 Å². The highest BCUT2D eigenvalue weighted by molar-refractivity contribution is 5.60. The Morgan fingerprint density at radius 3 is 1.61 bits per heavy atom. The number of para-hydroxylation sites is 1. The van der Waals surface area contributed by atoms with Crippen LogP contribution in [0.15, 0.2) is 85.7 Å². The van der Waals surface area contributed by atoms with Gasteiger partial charge in [0.05, 0.1) is 6.61 Å². The second-order valence-electron chi connectivity index (χ2n) is 12.1. The van der Waals surface area contributed by atoms with Gasteiger partial charge in [-0.1, -0.05) is 45.9 Å². The van der Waals surface area contributed by atoms with Crippen molar-refractivity contribution in [3.63, 3.8) is 0 Å². The molecule has 4 nitrogen and oxygen atoms in total. The first-order chi connectivity index (χ1) is 19.8. The molecule has 0 saturated heterocycles. The Kier molecular flexibility index (Phi) is 11.1. The lowest BCUT2D eigenvalue weighted by molar-refractivity contribution is -0.778. The van der Waals surface area contributed by atoms with Gasteiger partial charge < -0.3 is 4.74 Å². The Bertz CT molecular complexity index is 1330.